The normalized spacial score (nSPS) is 11.7. The Labute approximate surface area is 168 Å². The quantitative estimate of drug-likeness (QED) is 0.644. The molecule has 0 saturated heterocycles. The summed E-state index contributed by atoms with van der Waals surface area (Å²) in [6.07, 6.45) is 0.781. The second kappa shape index (κ2) is 8.71. The summed E-state index contributed by atoms with van der Waals surface area (Å²) in [5.74, 6) is -0.957. The number of carbonyl (C=O) groups excluding carboxylic acids is 2. The molecule has 3 aromatic rings. The average Bonchev–Trinajstić information content (AvgIpc) is 3.13. The summed E-state index contributed by atoms with van der Waals surface area (Å²) >= 11 is 6.07. The fraction of sp³-hybridized carbons (Fsp3) is 0.190. The van der Waals surface area contributed by atoms with Gasteiger partial charge in [-0.2, -0.15) is 5.10 Å². The van der Waals surface area contributed by atoms with Gasteiger partial charge in [-0.05, 0) is 55.8 Å². The van der Waals surface area contributed by atoms with Crippen LogP contribution in [0.25, 0.3) is 5.69 Å². The first-order chi connectivity index (χ1) is 13.5. The van der Waals surface area contributed by atoms with Gasteiger partial charge in [0.1, 0.15) is 0 Å². The van der Waals surface area contributed by atoms with E-state index in [-0.39, 0.29) is 6.54 Å². The molecule has 0 saturated carbocycles. The van der Waals surface area contributed by atoms with Crippen LogP contribution in [0.5, 0.6) is 0 Å². The van der Waals surface area contributed by atoms with Gasteiger partial charge in [-0.1, -0.05) is 29.8 Å². The van der Waals surface area contributed by atoms with Gasteiger partial charge in [0.15, 0.2) is 6.10 Å². The van der Waals surface area contributed by atoms with Gasteiger partial charge in [-0.25, -0.2) is 9.48 Å². The Kier molecular flexibility index (Phi) is 6.11. The minimum Gasteiger partial charge on any atom is -0.449 e. The van der Waals surface area contributed by atoms with Gasteiger partial charge >= 0.3 is 5.97 Å². The van der Waals surface area contributed by atoms with E-state index in [2.05, 4.69) is 10.4 Å². The molecule has 0 spiro atoms. The molecule has 144 valence electrons. The van der Waals surface area contributed by atoms with Crippen LogP contribution in [0.3, 0.4) is 0 Å². The lowest BCUT2D eigenvalue weighted by atomic mass is 10.2. The van der Waals surface area contributed by atoms with Crippen molar-refractivity contribution in [3.8, 4) is 5.69 Å². The Bertz CT molecular complexity index is 983. The maximum atomic E-state index is 12.3. The van der Waals surface area contributed by atoms with E-state index >= 15 is 0 Å². The summed E-state index contributed by atoms with van der Waals surface area (Å²) < 4.78 is 7.03. The van der Waals surface area contributed by atoms with Crippen LogP contribution >= 0.6 is 11.6 Å². The molecule has 1 atom stereocenters. The van der Waals surface area contributed by atoms with Crippen molar-refractivity contribution in [1.82, 2.24) is 15.1 Å². The standard InChI is InChI=1S/C21H20ClN3O3/c1-14-11-12-24-25(14)18-9-7-16(8-10-18)21(27)28-15(2)20(26)23-13-17-5-3-4-6-19(17)22/h3-12,15H,13H2,1-2H3,(H,23,26)/t15-/m1/s1. The van der Waals surface area contributed by atoms with E-state index < -0.39 is 18.0 Å². The van der Waals surface area contributed by atoms with Gasteiger partial charge in [-0.3, -0.25) is 4.79 Å². The van der Waals surface area contributed by atoms with Gasteiger partial charge < -0.3 is 10.1 Å². The number of carbonyl (C=O) groups is 2. The number of esters is 1. The first kappa shape index (κ1) is 19.6. The van der Waals surface area contributed by atoms with E-state index in [0.29, 0.717) is 10.6 Å². The largest absolute Gasteiger partial charge is 0.449 e. The SMILES string of the molecule is Cc1ccnn1-c1ccc(C(=O)O[C@H](C)C(=O)NCc2ccccc2Cl)cc1. The molecule has 7 heteroatoms. The molecular weight excluding hydrogens is 378 g/mol. The molecule has 6 nitrogen and oxygen atoms in total. The number of hydrogen-bond donors (Lipinski definition) is 1. The van der Waals surface area contributed by atoms with Crippen molar-refractivity contribution in [1.29, 1.82) is 0 Å². The molecule has 2 aromatic carbocycles. The highest BCUT2D eigenvalue weighted by Gasteiger charge is 2.19. The van der Waals surface area contributed by atoms with Crippen molar-refractivity contribution in [3.63, 3.8) is 0 Å². The van der Waals surface area contributed by atoms with Crippen molar-refractivity contribution in [2.45, 2.75) is 26.5 Å². The molecule has 1 N–H and O–H groups in total. The molecule has 1 heterocycles. The van der Waals surface area contributed by atoms with Crippen LogP contribution in [-0.2, 0) is 16.1 Å². The number of hydrogen-bond acceptors (Lipinski definition) is 4. The molecule has 1 aromatic heterocycles. The van der Waals surface area contributed by atoms with Crippen molar-refractivity contribution >= 4 is 23.5 Å². The monoisotopic (exact) mass is 397 g/mol. The van der Waals surface area contributed by atoms with Gasteiger partial charge in [-0.15, -0.1) is 0 Å². The molecule has 3 rings (SSSR count). The number of nitrogens with zero attached hydrogens (tertiary/aromatic N) is 2. The predicted molar refractivity (Wildman–Crippen MR) is 106 cm³/mol. The first-order valence-electron chi connectivity index (χ1n) is 8.79. The lowest BCUT2D eigenvalue weighted by Crippen LogP contribution is -2.35. The minimum atomic E-state index is -0.928. The molecule has 0 radical (unpaired) electrons. The molecule has 0 fully saturated rings. The fourth-order valence-corrected chi connectivity index (χ4v) is 2.83. The highest BCUT2D eigenvalue weighted by atomic mass is 35.5. The Morgan fingerprint density at radius 2 is 1.86 bits per heavy atom. The second-order valence-electron chi connectivity index (χ2n) is 6.29. The first-order valence-corrected chi connectivity index (χ1v) is 9.16. The number of nitrogens with one attached hydrogen (secondary N) is 1. The molecule has 1 amide bonds. The Hall–Kier alpha value is -3.12. The highest BCUT2D eigenvalue weighted by Crippen LogP contribution is 2.15. The maximum Gasteiger partial charge on any atom is 0.338 e. The van der Waals surface area contributed by atoms with Crippen molar-refractivity contribution in [2.24, 2.45) is 0 Å². The van der Waals surface area contributed by atoms with E-state index in [1.54, 1.807) is 41.2 Å². The van der Waals surface area contributed by atoms with Crippen molar-refractivity contribution in [2.75, 3.05) is 0 Å². The zero-order valence-electron chi connectivity index (χ0n) is 15.6. The summed E-state index contributed by atoms with van der Waals surface area (Å²) in [7, 11) is 0. The third-order valence-corrected chi connectivity index (χ3v) is 4.61. The van der Waals surface area contributed by atoms with Crippen LogP contribution in [0, 0.1) is 6.92 Å². The van der Waals surface area contributed by atoms with Gasteiger partial charge in [0.25, 0.3) is 5.91 Å². The zero-order chi connectivity index (χ0) is 20.1. The highest BCUT2D eigenvalue weighted by molar-refractivity contribution is 6.31. The average molecular weight is 398 g/mol. The van der Waals surface area contributed by atoms with E-state index in [0.717, 1.165) is 16.9 Å². The number of rotatable bonds is 6. The number of ether oxygens (including phenoxy) is 1. The van der Waals surface area contributed by atoms with Gasteiger partial charge in [0, 0.05) is 23.5 Å². The Morgan fingerprint density at radius 1 is 1.14 bits per heavy atom. The lowest BCUT2D eigenvalue weighted by molar-refractivity contribution is -0.129. The maximum absolute atomic E-state index is 12.3. The number of aryl methyl sites for hydroxylation is 1. The smallest absolute Gasteiger partial charge is 0.338 e. The summed E-state index contributed by atoms with van der Waals surface area (Å²) in [4.78, 5) is 24.5. The molecule has 0 unspecified atom stereocenters. The Morgan fingerprint density at radius 3 is 2.50 bits per heavy atom. The minimum absolute atomic E-state index is 0.262. The molecule has 0 bridgehead atoms. The van der Waals surface area contributed by atoms with Crippen LogP contribution in [0.4, 0.5) is 0 Å². The number of halogens is 1. The summed E-state index contributed by atoms with van der Waals surface area (Å²) in [5, 5.41) is 7.51. The molecular formula is C21H20ClN3O3. The molecule has 28 heavy (non-hydrogen) atoms. The molecule has 0 aliphatic rings. The van der Waals surface area contributed by atoms with Crippen LogP contribution in [-0.4, -0.2) is 27.8 Å². The second-order valence-corrected chi connectivity index (χ2v) is 6.70. The topological polar surface area (TPSA) is 73.2 Å². The van der Waals surface area contributed by atoms with Crippen LogP contribution in [0.2, 0.25) is 5.02 Å². The fourth-order valence-electron chi connectivity index (χ4n) is 2.63. The third-order valence-electron chi connectivity index (χ3n) is 4.24. The number of benzene rings is 2. The lowest BCUT2D eigenvalue weighted by Gasteiger charge is -2.14. The van der Waals surface area contributed by atoms with Gasteiger partial charge in [0.2, 0.25) is 0 Å². The molecule has 0 aliphatic heterocycles. The third kappa shape index (κ3) is 4.58. The number of amides is 1. The van der Waals surface area contributed by atoms with E-state index in [9.17, 15) is 9.59 Å². The zero-order valence-corrected chi connectivity index (χ0v) is 16.3. The van der Waals surface area contributed by atoms with Crippen LogP contribution in [0.1, 0.15) is 28.5 Å². The van der Waals surface area contributed by atoms with E-state index in [1.807, 2.05) is 31.2 Å². The van der Waals surface area contributed by atoms with E-state index in [4.69, 9.17) is 16.3 Å². The Balaban J connectivity index is 1.57. The van der Waals surface area contributed by atoms with Crippen LogP contribution < -0.4 is 5.32 Å². The predicted octanol–water partition coefficient (Wildman–Crippen LogP) is 3.70. The van der Waals surface area contributed by atoms with Crippen molar-refractivity contribution < 1.29 is 14.3 Å². The van der Waals surface area contributed by atoms with E-state index in [1.165, 1.54) is 6.92 Å². The number of aromatic nitrogens is 2. The van der Waals surface area contributed by atoms with Crippen LogP contribution in [0.15, 0.2) is 60.8 Å². The summed E-state index contributed by atoms with van der Waals surface area (Å²) in [6.45, 7) is 3.73. The summed E-state index contributed by atoms with van der Waals surface area (Å²) in [6, 6.07) is 16.0. The molecule has 0 aliphatic carbocycles. The van der Waals surface area contributed by atoms with Gasteiger partial charge in [0.05, 0.1) is 11.3 Å². The van der Waals surface area contributed by atoms with Crippen molar-refractivity contribution in [3.05, 3.63) is 82.6 Å². The summed E-state index contributed by atoms with van der Waals surface area (Å²) in [5.41, 5.74) is 2.98.